The van der Waals surface area contributed by atoms with Crippen molar-refractivity contribution in [3.8, 4) is 0 Å². The van der Waals surface area contributed by atoms with Gasteiger partial charge in [0, 0.05) is 31.2 Å². The van der Waals surface area contributed by atoms with Crippen LogP contribution in [-0.4, -0.2) is 16.0 Å². The van der Waals surface area contributed by atoms with Crippen molar-refractivity contribution in [2.24, 2.45) is 0 Å². The second-order valence-corrected chi connectivity index (χ2v) is 6.02. The van der Waals surface area contributed by atoms with E-state index in [1.807, 2.05) is 6.07 Å². The number of carbonyl (C=O) groups excluding carboxylic acids is 1. The van der Waals surface area contributed by atoms with Gasteiger partial charge in [0.2, 0.25) is 11.8 Å². The molecule has 0 spiro atoms. The van der Waals surface area contributed by atoms with Crippen LogP contribution in [-0.2, 0) is 24.1 Å². The van der Waals surface area contributed by atoms with Crippen LogP contribution in [0.15, 0.2) is 21.3 Å². The topological polar surface area (TPSA) is 81.2 Å². The molecule has 0 fully saturated rings. The fourth-order valence-electron chi connectivity index (χ4n) is 3.02. The zero-order chi connectivity index (χ0) is 16.1. The number of furan rings is 1. The highest BCUT2D eigenvalue weighted by molar-refractivity contribution is 5.76. The van der Waals surface area contributed by atoms with E-state index in [1.54, 1.807) is 6.26 Å². The van der Waals surface area contributed by atoms with E-state index < -0.39 is 0 Å². The summed E-state index contributed by atoms with van der Waals surface area (Å²) in [6.45, 7) is 2.08. The Bertz CT molecular complexity index is 647. The van der Waals surface area contributed by atoms with Gasteiger partial charge >= 0.3 is 0 Å². The number of rotatable bonds is 7. The van der Waals surface area contributed by atoms with E-state index in [9.17, 15) is 4.79 Å². The molecule has 23 heavy (non-hydrogen) atoms. The molecule has 0 bridgehead atoms. The van der Waals surface area contributed by atoms with Crippen molar-refractivity contribution in [1.29, 1.82) is 0 Å². The van der Waals surface area contributed by atoms with Gasteiger partial charge in [0.15, 0.2) is 5.82 Å². The molecule has 0 radical (unpaired) electrons. The smallest absolute Gasteiger partial charge is 0.226 e. The summed E-state index contributed by atoms with van der Waals surface area (Å²) in [5, 5.41) is 7.03. The Morgan fingerprint density at radius 3 is 3.22 bits per heavy atom. The average molecular weight is 317 g/mol. The summed E-state index contributed by atoms with van der Waals surface area (Å²) >= 11 is 0. The van der Waals surface area contributed by atoms with E-state index in [1.165, 1.54) is 0 Å². The highest BCUT2D eigenvalue weighted by atomic mass is 16.5. The Morgan fingerprint density at radius 1 is 1.43 bits per heavy atom. The van der Waals surface area contributed by atoms with Crippen molar-refractivity contribution < 1.29 is 13.7 Å². The molecule has 0 aromatic carbocycles. The number of carbonyl (C=O) groups is 1. The molecule has 2 heterocycles. The number of hydrogen-bond donors (Lipinski definition) is 1. The molecule has 1 amide bonds. The van der Waals surface area contributed by atoms with Crippen LogP contribution in [0, 0.1) is 0 Å². The zero-order valence-corrected chi connectivity index (χ0v) is 13.5. The van der Waals surface area contributed by atoms with Crippen LogP contribution in [0.4, 0.5) is 0 Å². The van der Waals surface area contributed by atoms with Gasteiger partial charge in [-0.1, -0.05) is 12.1 Å². The lowest BCUT2D eigenvalue weighted by molar-refractivity contribution is -0.122. The van der Waals surface area contributed by atoms with Gasteiger partial charge in [-0.3, -0.25) is 4.79 Å². The second kappa shape index (κ2) is 7.44. The van der Waals surface area contributed by atoms with Crippen molar-refractivity contribution in [3.63, 3.8) is 0 Å². The number of fused-ring (bicyclic) bond motifs is 1. The largest absolute Gasteiger partial charge is 0.469 e. The molecular formula is C17H23N3O3. The second-order valence-electron chi connectivity index (χ2n) is 6.02. The van der Waals surface area contributed by atoms with Gasteiger partial charge in [-0.05, 0) is 31.7 Å². The maximum atomic E-state index is 12.1. The van der Waals surface area contributed by atoms with Crippen LogP contribution in [0.2, 0.25) is 0 Å². The third-order valence-corrected chi connectivity index (χ3v) is 4.17. The van der Waals surface area contributed by atoms with Crippen LogP contribution in [0.1, 0.15) is 68.1 Å². The highest BCUT2D eigenvalue weighted by Gasteiger charge is 2.23. The van der Waals surface area contributed by atoms with E-state index in [-0.39, 0.29) is 11.9 Å². The van der Waals surface area contributed by atoms with Crippen molar-refractivity contribution in [1.82, 2.24) is 15.5 Å². The molecular weight excluding hydrogens is 294 g/mol. The molecule has 1 N–H and O–H groups in total. The Balaban J connectivity index is 1.43. The van der Waals surface area contributed by atoms with E-state index >= 15 is 0 Å². The number of amides is 1. The van der Waals surface area contributed by atoms with Crippen molar-refractivity contribution in [3.05, 3.63) is 35.4 Å². The average Bonchev–Trinajstić information content (AvgIpc) is 3.17. The van der Waals surface area contributed by atoms with Gasteiger partial charge in [0.25, 0.3) is 0 Å². The maximum absolute atomic E-state index is 12.1. The summed E-state index contributed by atoms with van der Waals surface area (Å²) in [6, 6.07) is 2.05. The number of aromatic nitrogens is 2. The molecule has 3 rings (SSSR count). The predicted molar refractivity (Wildman–Crippen MR) is 83.8 cm³/mol. The minimum Gasteiger partial charge on any atom is -0.469 e. The third-order valence-electron chi connectivity index (χ3n) is 4.17. The lowest BCUT2D eigenvalue weighted by Gasteiger charge is -2.22. The molecule has 2 aromatic heterocycles. The molecule has 0 saturated carbocycles. The third kappa shape index (κ3) is 4.00. The Hall–Kier alpha value is -2.11. The van der Waals surface area contributed by atoms with Gasteiger partial charge in [-0.2, -0.15) is 4.98 Å². The summed E-state index contributed by atoms with van der Waals surface area (Å²) in [5.74, 6) is 2.45. The number of aryl methyl sites for hydroxylation is 3. The van der Waals surface area contributed by atoms with Gasteiger partial charge < -0.3 is 14.3 Å². The van der Waals surface area contributed by atoms with E-state index in [0.29, 0.717) is 25.2 Å². The van der Waals surface area contributed by atoms with E-state index in [2.05, 4.69) is 22.4 Å². The predicted octanol–water partition coefficient (Wildman–Crippen LogP) is 3.13. The van der Waals surface area contributed by atoms with Crippen molar-refractivity contribution in [2.75, 3.05) is 0 Å². The van der Waals surface area contributed by atoms with Gasteiger partial charge in [0.05, 0.1) is 12.3 Å². The summed E-state index contributed by atoms with van der Waals surface area (Å²) in [4.78, 5) is 16.4. The number of hydrogen-bond acceptors (Lipinski definition) is 5. The minimum absolute atomic E-state index is 0.0670. The van der Waals surface area contributed by atoms with Crippen LogP contribution < -0.4 is 5.32 Å². The van der Waals surface area contributed by atoms with Gasteiger partial charge in [-0.15, -0.1) is 0 Å². The first kappa shape index (κ1) is 15.8. The molecule has 1 atom stereocenters. The quantitative estimate of drug-likeness (QED) is 0.848. The number of nitrogens with zero attached hydrogens (tertiary/aromatic N) is 2. The Morgan fingerprint density at radius 2 is 2.35 bits per heavy atom. The SMILES string of the molecule is CCCc1noc(CCCC(=O)NC2CCCc3occc32)n1. The fourth-order valence-corrected chi connectivity index (χ4v) is 3.02. The highest BCUT2D eigenvalue weighted by Crippen LogP contribution is 2.30. The minimum atomic E-state index is 0.0670. The lowest BCUT2D eigenvalue weighted by Crippen LogP contribution is -2.30. The first-order valence-electron chi connectivity index (χ1n) is 8.43. The normalized spacial score (nSPS) is 17.0. The molecule has 2 aromatic rings. The lowest BCUT2D eigenvalue weighted by atomic mass is 9.93. The molecule has 0 aliphatic heterocycles. The first-order valence-corrected chi connectivity index (χ1v) is 8.43. The van der Waals surface area contributed by atoms with Crippen LogP contribution >= 0.6 is 0 Å². The van der Waals surface area contributed by atoms with E-state index in [0.717, 1.165) is 49.3 Å². The molecule has 6 heteroatoms. The van der Waals surface area contributed by atoms with Crippen LogP contribution in [0.25, 0.3) is 0 Å². The molecule has 1 aliphatic rings. The van der Waals surface area contributed by atoms with E-state index in [4.69, 9.17) is 8.94 Å². The van der Waals surface area contributed by atoms with Crippen LogP contribution in [0.3, 0.4) is 0 Å². The summed E-state index contributed by atoms with van der Waals surface area (Å²) in [5.41, 5.74) is 1.13. The van der Waals surface area contributed by atoms with Gasteiger partial charge in [-0.25, -0.2) is 0 Å². The van der Waals surface area contributed by atoms with Gasteiger partial charge in [0.1, 0.15) is 5.76 Å². The molecule has 1 aliphatic carbocycles. The monoisotopic (exact) mass is 317 g/mol. The summed E-state index contributed by atoms with van der Waals surface area (Å²) < 4.78 is 10.6. The molecule has 124 valence electrons. The van der Waals surface area contributed by atoms with Crippen molar-refractivity contribution >= 4 is 5.91 Å². The first-order chi connectivity index (χ1) is 11.3. The fraction of sp³-hybridized carbons (Fsp3) is 0.588. The summed E-state index contributed by atoms with van der Waals surface area (Å²) in [7, 11) is 0. The summed E-state index contributed by atoms with van der Waals surface area (Å²) in [6.07, 6.45) is 8.35. The molecule has 6 nitrogen and oxygen atoms in total. The zero-order valence-electron chi connectivity index (χ0n) is 13.5. The molecule has 1 unspecified atom stereocenters. The van der Waals surface area contributed by atoms with Crippen molar-refractivity contribution in [2.45, 2.75) is 64.3 Å². The number of nitrogens with one attached hydrogen (secondary N) is 1. The van der Waals surface area contributed by atoms with Crippen LogP contribution in [0.5, 0.6) is 0 Å². The Kier molecular flexibility index (Phi) is 5.10. The standard InChI is InChI=1S/C17H23N3O3/c1-2-5-15-19-17(23-20-15)9-4-8-16(21)18-13-6-3-7-14-12(13)10-11-22-14/h10-11,13H,2-9H2,1H3,(H,18,21). The Labute approximate surface area is 135 Å². The maximum Gasteiger partial charge on any atom is 0.226 e. The molecule has 0 saturated heterocycles.